The summed E-state index contributed by atoms with van der Waals surface area (Å²) >= 11 is 9.58. The van der Waals surface area contributed by atoms with E-state index in [0.29, 0.717) is 5.02 Å². The highest BCUT2D eigenvalue weighted by Crippen LogP contribution is 2.21. The van der Waals surface area contributed by atoms with Crippen molar-refractivity contribution < 1.29 is 0 Å². The van der Waals surface area contributed by atoms with Gasteiger partial charge in [-0.2, -0.15) is 0 Å². The number of benzene rings is 2. The summed E-state index contributed by atoms with van der Waals surface area (Å²) < 4.78 is 2.98. The molecule has 3 nitrogen and oxygen atoms in total. The van der Waals surface area contributed by atoms with Gasteiger partial charge in [0.25, 0.3) is 0 Å². The lowest BCUT2D eigenvalue weighted by Gasteiger charge is -2.03. The highest BCUT2D eigenvalue weighted by atomic mass is 79.9. The summed E-state index contributed by atoms with van der Waals surface area (Å²) in [6.07, 6.45) is 7.30. The normalized spacial score (nSPS) is 11.2. The smallest absolute Gasteiger partial charge is 0.0949 e. The number of hydrogen-bond donors (Lipinski definition) is 0. The standard InChI is InChI=1S/C17H13BrClN3/c18-15-5-4-14(17(19)9-15)10-21-16-3-1-2-13(8-16)11-22-7-6-20-12-22/h1-10,12H,11H2. The maximum Gasteiger partial charge on any atom is 0.0949 e. The largest absolute Gasteiger partial charge is 0.333 e. The lowest BCUT2D eigenvalue weighted by molar-refractivity contribution is 0.797. The van der Waals surface area contributed by atoms with Gasteiger partial charge in [0.05, 0.1) is 17.0 Å². The van der Waals surface area contributed by atoms with E-state index in [1.807, 2.05) is 41.1 Å². The predicted octanol–water partition coefficient (Wildman–Crippen LogP) is 5.10. The summed E-state index contributed by atoms with van der Waals surface area (Å²) in [7, 11) is 0. The molecule has 0 radical (unpaired) electrons. The molecule has 22 heavy (non-hydrogen) atoms. The predicted molar refractivity (Wildman–Crippen MR) is 94.2 cm³/mol. The average molecular weight is 375 g/mol. The highest BCUT2D eigenvalue weighted by molar-refractivity contribution is 9.10. The first kappa shape index (κ1) is 15.0. The van der Waals surface area contributed by atoms with Gasteiger partial charge in [-0.05, 0) is 29.8 Å². The Bertz CT molecular complexity index is 797. The molecule has 0 aliphatic carbocycles. The molecule has 0 atom stereocenters. The zero-order valence-corrected chi connectivity index (χ0v) is 14.0. The monoisotopic (exact) mass is 373 g/mol. The summed E-state index contributed by atoms with van der Waals surface area (Å²) in [5, 5.41) is 0.674. The fraction of sp³-hybridized carbons (Fsp3) is 0.0588. The molecule has 0 aliphatic rings. The van der Waals surface area contributed by atoms with Gasteiger partial charge in [-0.25, -0.2) is 4.98 Å². The first-order valence-electron chi connectivity index (χ1n) is 6.74. The number of aromatic nitrogens is 2. The van der Waals surface area contributed by atoms with Gasteiger partial charge in [-0.15, -0.1) is 0 Å². The van der Waals surface area contributed by atoms with Crippen LogP contribution in [0.2, 0.25) is 5.02 Å². The van der Waals surface area contributed by atoms with Crippen LogP contribution in [0.5, 0.6) is 0 Å². The van der Waals surface area contributed by atoms with Crippen LogP contribution < -0.4 is 0 Å². The van der Waals surface area contributed by atoms with E-state index in [2.05, 4.69) is 38.0 Å². The van der Waals surface area contributed by atoms with Crippen LogP contribution in [0.15, 0.2) is 70.7 Å². The topological polar surface area (TPSA) is 30.2 Å². The lowest BCUT2D eigenvalue weighted by Crippen LogP contribution is -1.95. The van der Waals surface area contributed by atoms with E-state index in [1.54, 1.807) is 18.7 Å². The van der Waals surface area contributed by atoms with Crippen LogP contribution in [0.25, 0.3) is 0 Å². The Hall–Kier alpha value is -1.91. The van der Waals surface area contributed by atoms with Crippen molar-refractivity contribution >= 4 is 39.4 Å². The van der Waals surface area contributed by atoms with Crippen molar-refractivity contribution in [3.63, 3.8) is 0 Å². The highest BCUT2D eigenvalue weighted by Gasteiger charge is 1.99. The second kappa shape index (κ2) is 6.90. The summed E-state index contributed by atoms with van der Waals surface area (Å²) in [5.41, 5.74) is 2.97. The third-order valence-corrected chi connectivity index (χ3v) is 3.97. The third kappa shape index (κ3) is 3.84. The molecular formula is C17H13BrClN3. The first-order chi connectivity index (χ1) is 10.7. The summed E-state index contributed by atoms with van der Waals surface area (Å²) in [5.74, 6) is 0. The van der Waals surface area contributed by atoms with Gasteiger partial charge in [-0.3, -0.25) is 4.99 Å². The van der Waals surface area contributed by atoms with Crippen molar-refractivity contribution in [1.29, 1.82) is 0 Å². The molecule has 0 N–H and O–H groups in total. The molecule has 3 rings (SSSR count). The number of nitrogens with zero attached hydrogens (tertiary/aromatic N) is 3. The Morgan fingerprint density at radius 2 is 2.14 bits per heavy atom. The number of aliphatic imine (C=N–C) groups is 1. The quantitative estimate of drug-likeness (QED) is 0.584. The van der Waals surface area contributed by atoms with Crippen molar-refractivity contribution in [2.75, 3.05) is 0 Å². The van der Waals surface area contributed by atoms with Crippen molar-refractivity contribution in [3.8, 4) is 0 Å². The van der Waals surface area contributed by atoms with Crippen molar-refractivity contribution in [3.05, 3.63) is 81.8 Å². The maximum atomic E-state index is 6.19. The second-order valence-corrected chi connectivity index (χ2v) is 6.15. The molecule has 0 saturated carbocycles. The zero-order chi connectivity index (χ0) is 15.4. The van der Waals surface area contributed by atoms with E-state index >= 15 is 0 Å². The Morgan fingerprint density at radius 3 is 2.91 bits per heavy atom. The molecule has 110 valence electrons. The third-order valence-electron chi connectivity index (χ3n) is 3.15. The number of halogens is 2. The molecule has 0 spiro atoms. The minimum absolute atomic E-state index is 0.674. The Labute approximate surface area is 142 Å². The van der Waals surface area contributed by atoms with Gasteiger partial charge in [-0.1, -0.05) is 45.7 Å². The summed E-state index contributed by atoms with van der Waals surface area (Å²) in [4.78, 5) is 8.56. The molecule has 1 aromatic heterocycles. The van der Waals surface area contributed by atoms with E-state index in [1.165, 1.54) is 5.56 Å². The molecule has 0 aliphatic heterocycles. The average Bonchev–Trinajstić information content (AvgIpc) is 3.00. The molecule has 0 amide bonds. The molecule has 0 fully saturated rings. The Morgan fingerprint density at radius 1 is 1.23 bits per heavy atom. The van der Waals surface area contributed by atoms with E-state index < -0.39 is 0 Å². The van der Waals surface area contributed by atoms with Crippen LogP contribution in [0.3, 0.4) is 0 Å². The number of rotatable bonds is 4. The van der Waals surface area contributed by atoms with E-state index in [-0.39, 0.29) is 0 Å². The molecular weight excluding hydrogens is 362 g/mol. The van der Waals surface area contributed by atoms with Crippen LogP contribution >= 0.6 is 27.5 Å². The van der Waals surface area contributed by atoms with Gasteiger partial charge in [0.1, 0.15) is 0 Å². The van der Waals surface area contributed by atoms with Gasteiger partial charge in [0.15, 0.2) is 0 Å². The van der Waals surface area contributed by atoms with Crippen LogP contribution in [0, 0.1) is 0 Å². The molecule has 0 bridgehead atoms. The molecule has 5 heteroatoms. The molecule has 0 saturated heterocycles. The van der Waals surface area contributed by atoms with Crippen molar-refractivity contribution in [1.82, 2.24) is 9.55 Å². The number of hydrogen-bond acceptors (Lipinski definition) is 2. The fourth-order valence-corrected chi connectivity index (χ4v) is 2.80. The first-order valence-corrected chi connectivity index (χ1v) is 7.91. The molecule has 2 aromatic carbocycles. The van der Waals surface area contributed by atoms with Crippen molar-refractivity contribution in [2.45, 2.75) is 6.54 Å². The SMILES string of the molecule is Clc1cc(Br)ccc1C=Nc1cccc(Cn2ccnc2)c1. The van der Waals surface area contributed by atoms with Crippen LogP contribution in [-0.4, -0.2) is 15.8 Å². The zero-order valence-electron chi connectivity index (χ0n) is 11.7. The fourth-order valence-electron chi connectivity index (χ4n) is 2.08. The minimum Gasteiger partial charge on any atom is -0.333 e. The van der Waals surface area contributed by atoms with Crippen LogP contribution in [0.4, 0.5) is 5.69 Å². The van der Waals surface area contributed by atoms with Crippen molar-refractivity contribution in [2.24, 2.45) is 4.99 Å². The van der Waals surface area contributed by atoms with Gasteiger partial charge in [0.2, 0.25) is 0 Å². The van der Waals surface area contributed by atoms with Crippen LogP contribution in [0.1, 0.15) is 11.1 Å². The Balaban J connectivity index is 1.78. The van der Waals surface area contributed by atoms with Gasteiger partial charge >= 0.3 is 0 Å². The van der Waals surface area contributed by atoms with Gasteiger partial charge in [0, 0.05) is 35.2 Å². The van der Waals surface area contributed by atoms with Crippen LogP contribution in [-0.2, 0) is 6.54 Å². The minimum atomic E-state index is 0.674. The van der Waals surface area contributed by atoms with Gasteiger partial charge < -0.3 is 4.57 Å². The lowest BCUT2D eigenvalue weighted by atomic mass is 10.2. The Kier molecular flexibility index (Phi) is 4.71. The van der Waals surface area contributed by atoms with E-state index in [4.69, 9.17) is 11.6 Å². The van der Waals surface area contributed by atoms with E-state index in [0.717, 1.165) is 22.3 Å². The second-order valence-electron chi connectivity index (χ2n) is 4.83. The molecule has 0 unspecified atom stereocenters. The summed E-state index contributed by atoms with van der Waals surface area (Å²) in [6, 6.07) is 13.9. The molecule has 1 heterocycles. The van der Waals surface area contributed by atoms with E-state index in [9.17, 15) is 0 Å². The molecule has 3 aromatic rings. The summed E-state index contributed by atoms with van der Waals surface area (Å²) in [6.45, 7) is 0.780. The maximum absolute atomic E-state index is 6.19. The number of imidazole rings is 1.